The first-order valence-electron chi connectivity index (χ1n) is 10.2. The summed E-state index contributed by atoms with van der Waals surface area (Å²) in [7, 11) is 1.61. The van der Waals surface area contributed by atoms with Crippen LogP contribution in [0, 0.1) is 0 Å². The molecule has 1 aromatic heterocycles. The fourth-order valence-corrected chi connectivity index (χ4v) is 4.90. The second-order valence-electron chi connectivity index (χ2n) is 7.74. The third-order valence-electron chi connectivity index (χ3n) is 6.01. The van der Waals surface area contributed by atoms with Gasteiger partial charge in [0, 0.05) is 27.7 Å². The number of methoxy groups -OCH3 is 1. The second-order valence-corrected chi connectivity index (χ2v) is 8.61. The molecule has 1 amide bonds. The molecule has 5 nitrogen and oxygen atoms in total. The quantitative estimate of drug-likeness (QED) is 0.371. The molecule has 0 aliphatic carbocycles. The highest BCUT2D eigenvalue weighted by molar-refractivity contribution is 6.31. The Bertz CT molecular complexity index is 1310. The Kier molecular flexibility index (Phi) is 5.24. The summed E-state index contributed by atoms with van der Waals surface area (Å²) in [6.45, 7) is 0.394. The average Bonchev–Trinajstić information content (AvgIpc) is 3.12. The Morgan fingerprint density at radius 3 is 2.34 bits per heavy atom. The van der Waals surface area contributed by atoms with Crippen LogP contribution in [0.15, 0.2) is 66.7 Å². The van der Waals surface area contributed by atoms with Crippen LogP contribution in [-0.4, -0.2) is 34.3 Å². The summed E-state index contributed by atoms with van der Waals surface area (Å²) in [4.78, 5) is 13.8. The zero-order valence-corrected chi connectivity index (χ0v) is 18.8. The van der Waals surface area contributed by atoms with Gasteiger partial charge < -0.3 is 14.4 Å². The maximum absolute atomic E-state index is 12.3. The zero-order valence-electron chi connectivity index (χ0n) is 17.3. The van der Waals surface area contributed by atoms with E-state index in [4.69, 9.17) is 27.9 Å². The van der Waals surface area contributed by atoms with Gasteiger partial charge in [0.25, 0.3) is 0 Å². The maximum atomic E-state index is 12.3. The van der Waals surface area contributed by atoms with Crippen molar-refractivity contribution in [3.8, 4) is 11.4 Å². The number of nitrogens with zero attached hydrogens (tertiary/aromatic N) is 2. The number of rotatable bonds is 3. The molecular weight excluding hydrogens is 447 g/mol. The number of aromatic nitrogens is 1. The summed E-state index contributed by atoms with van der Waals surface area (Å²) in [5.74, 6) is 0.719. The molecule has 32 heavy (non-hydrogen) atoms. The monoisotopic (exact) mass is 466 g/mol. The van der Waals surface area contributed by atoms with E-state index in [0.29, 0.717) is 23.0 Å². The summed E-state index contributed by atoms with van der Waals surface area (Å²) >= 11 is 12.5. The van der Waals surface area contributed by atoms with E-state index in [0.717, 1.165) is 39.2 Å². The van der Waals surface area contributed by atoms with Crippen molar-refractivity contribution in [1.82, 2.24) is 9.47 Å². The Labute approximate surface area is 195 Å². The normalized spacial score (nSPS) is 15.6. The first-order valence-corrected chi connectivity index (χ1v) is 11.0. The highest BCUT2D eigenvalue weighted by atomic mass is 35.5. The van der Waals surface area contributed by atoms with Crippen LogP contribution in [-0.2, 0) is 6.42 Å². The molecule has 0 radical (unpaired) electrons. The van der Waals surface area contributed by atoms with Crippen LogP contribution in [0.3, 0.4) is 0 Å². The summed E-state index contributed by atoms with van der Waals surface area (Å²) in [6.07, 6.45) is -0.353. The molecule has 0 bridgehead atoms. The van der Waals surface area contributed by atoms with Crippen molar-refractivity contribution < 1.29 is 14.6 Å². The molecule has 0 spiro atoms. The van der Waals surface area contributed by atoms with Crippen molar-refractivity contribution in [1.29, 1.82) is 0 Å². The van der Waals surface area contributed by atoms with Gasteiger partial charge in [0.1, 0.15) is 11.8 Å². The van der Waals surface area contributed by atoms with Crippen LogP contribution in [0.5, 0.6) is 5.75 Å². The van der Waals surface area contributed by atoms with Gasteiger partial charge in [-0.1, -0.05) is 35.3 Å². The van der Waals surface area contributed by atoms with Gasteiger partial charge in [0.05, 0.1) is 18.3 Å². The highest BCUT2D eigenvalue weighted by Gasteiger charge is 2.37. The van der Waals surface area contributed by atoms with Gasteiger partial charge in [-0.2, -0.15) is 0 Å². The first-order chi connectivity index (χ1) is 15.5. The minimum atomic E-state index is -0.956. The van der Waals surface area contributed by atoms with Crippen molar-refractivity contribution >= 4 is 40.2 Å². The van der Waals surface area contributed by atoms with Crippen LogP contribution >= 0.6 is 23.2 Å². The third kappa shape index (κ3) is 3.38. The van der Waals surface area contributed by atoms with Gasteiger partial charge in [-0.25, -0.2) is 4.79 Å². The molecule has 0 saturated heterocycles. The summed E-state index contributed by atoms with van der Waals surface area (Å²) < 4.78 is 7.43. The number of hydrogen-bond donors (Lipinski definition) is 1. The maximum Gasteiger partial charge on any atom is 0.408 e. The van der Waals surface area contributed by atoms with E-state index in [-0.39, 0.29) is 0 Å². The van der Waals surface area contributed by atoms with Crippen LogP contribution in [0.1, 0.15) is 22.9 Å². The lowest BCUT2D eigenvalue weighted by Gasteiger charge is -2.35. The molecule has 1 aliphatic heterocycles. The minimum absolute atomic E-state index is 0.394. The largest absolute Gasteiger partial charge is 0.497 e. The molecule has 0 fully saturated rings. The molecule has 1 atom stereocenters. The van der Waals surface area contributed by atoms with Gasteiger partial charge in [0.15, 0.2) is 0 Å². The number of carboxylic acid groups (broad SMARTS) is 1. The number of halogens is 2. The first kappa shape index (κ1) is 20.7. The van der Waals surface area contributed by atoms with E-state index < -0.39 is 12.1 Å². The summed E-state index contributed by atoms with van der Waals surface area (Å²) in [5.41, 5.74) is 4.79. The van der Waals surface area contributed by atoms with Crippen LogP contribution < -0.4 is 4.74 Å². The topological polar surface area (TPSA) is 54.7 Å². The zero-order chi connectivity index (χ0) is 22.4. The molecule has 1 aliphatic rings. The van der Waals surface area contributed by atoms with Crippen molar-refractivity contribution in [2.24, 2.45) is 0 Å². The summed E-state index contributed by atoms with van der Waals surface area (Å²) in [5, 5.41) is 12.4. The van der Waals surface area contributed by atoms with E-state index in [2.05, 4.69) is 4.57 Å². The van der Waals surface area contributed by atoms with Gasteiger partial charge in [-0.05, 0) is 72.1 Å². The van der Waals surface area contributed by atoms with Gasteiger partial charge in [0.2, 0.25) is 0 Å². The molecule has 4 aromatic rings. The number of amides is 1. The molecule has 162 valence electrons. The average molecular weight is 467 g/mol. The Hall–Kier alpha value is -3.15. The van der Waals surface area contributed by atoms with Gasteiger partial charge in [-0.15, -0.1) is 0 Å². The lowest BCUT2D eigenvalue weighted by Crippen LogP contribution is -2.40. The second kappa shape index (κ2) is 8.08. The lowest BCUT2D eigenvalue weighted by atomic mass is 9.92. The number of carbonyl (C=O) groups is 1. The molecule has 0 saturated carbocycles. The highest BCUT2D eigenvalue weighted by Crippen LogP contribution is 2.43. The lowest BCUT2D eigenvalue weighted by molar-refractivity contribution is 0.128. The molecule has 2 heterocycles. The van der Waals surface area contributed by atoms with E-state index in [1.807, 2.05) is 66.7 Å². The van der Waals surface area contributed by atoms with Crippen LogP contribution in [0.2, 0.25) is 10.0 Å². The number of ether oxygens (including phenoxy) is 1. The predicted octanol–water partition coefficient (Wildman–Crippen LogP) is 6.57. The SMILES string of the molecule is COc1ccc(C2c3c(c4cc(Cl)ccc4n3-c3ccc(Cl)cc3)CCN2C(=O)O)cc1. The van der Waals surface area contributed by atoms with Crippen molar-refractivity contribution in [2.45, 2.75) is 12.5 Å². The molecule has 1 N–H and O–H groups in total. The van der Waals surface area contributed by atoms with Crippen LogP contribution in [0.4, 0.5) is 4.79 Å². The smallest absolute Gasteiger partial charge is 0.408 e. The fourth-order valence-electron chi connectivity index (χ4n) is 4.61. The van der Waals surface area contributed by atoms with Gasteiger partial charge >= 0.3 is 6.09 Å². The minimum Gasteiger partial charge on any atom is -0.497 e. The molecule has 7 heteroatoms. The number of hydrogen-bond acceptors (Lipinski definition) is 2. The van der Waals surface area contributed by atoms with Crippen molar-refractivity contribution in [3.63, 3.8) is 0 Å². The standard InChI is InChI=1S/C25H20Cl2N2O3/c1-32-19-9-2-15(3-10-19)23-24-20(12-13-28(23)25(30)31)21-14-17(27)6-11-22(21)29(24)18-7-4-16(26)5-8-18/h2-11,14,23H,12-13H2,1H3,(H,30,31). The predicted molar refractivity (Wildman–Crippen MR) is 127 cm³/mol. The van der Waals surface area contributed by atoms with Crippen molar-refractivity contribution in [2.75, 3.05) is 13.7 Å². The number of fused-ring (bicyclic) bond motifs is 3. The van der Waals surface area contributed by atoms with Crippen LogP contribution in [0.25, 0.3) is 16.6 Å². The Morgan fingerprint density at radius 1 is 1.00 bits per heavy atom. The van der Waals surface area contributed by atoms with E-state index in [1.54, 1.807) is 7.11 Å². The van der Waals surface area contributed by atoms with Crippen molar-refractivity contribution in [3.05, 3.63) is 93.6 Å². The fraction of sp³-hybridized carbons (Fsp3) is 0.160. The molecular formula is C25H20Cl2N2O3. The Morgan fingerprint density at radius 2 is 1.69 bits per heavy atom. The molecule has 1 unspecified atom stereocenters. The molecule has 5 rings (SSSR count). The van der Waals surface area contributed by atoms with E-state index in [1.165, 1.54) is 4.90 Å². The number of benzene rings is 3. The van der Waals surface area contributed by atoms with E-state index >= 15 is 0 Å². The van der Waals surface area contributed by atoms with E-state index in [9.17, 15) is 9.90 Å². The molecule has 3 aromatic carbocycles. The third-order valence-corrected chi connectivity index (χ3v) is 6.50. The van der Waals surface area contributed by atoms with Gasteiger partial charge in [-0.3, -0.25) is 4.90 Å². The Balaban J connectivity index is 1.83. The summed E-state index contributed by atoms with van der Waals surface area (Å²) in [6, 6.07) is 20.5.